The third-order valence-corrected chi connectivity index (χ3v) is 6.63. The molecule has 0 N–H and O–H groups in total. The van der Waals surface area contributed by atoms with Crippen molar-refractivity contribution in [1.82, 2.24) is 14.8 Å². The van der Waals surface area contributed by atoms with Gasteiger partial charge in [0.15, 0.2) is 11.5 Å². The number of ether oxygens (including phenoxy) is 3. The number of benzene rings is 2. The number of amides is 1. The third kappa shape index (κ3) is 5.35. The van der Waals surface area contributed by atoms with Crippen LogP contribution < -0.4 is 9.47 Å². The second kappa shape index (κ2) is 9.91. The molecule has 5 rings (SSSR count). The standard InChI is InChI=1S/C25H27N3O4S/c1-18-2-4-19(5-3-18)13-27(14-20-6-7-22-23(12-20)32-17-31-22)15-24-26-21(16-33-24)25(29)28-8-10-30-11-9-28/h2-7,12,16H,8-11,13-15,17H2,1H3. The van der Waals surface area contributed by atoms with Crippen LogP contribution in [-0.4, -0.2) is 53.8 Å². The topological polar surface area (TPSA) is 64.1 Å². The van der Waals surface area contributed by atoms with Gasteiger partial charge in [0, 0.05) is 31.6 Å². The minimum atomic E-state index is -0.0124. The molecule has 0 atom stereocenters. The number of aryl methyl sites for hydroxylation is 1. The first-order chi connectivity index (χ1) is 16.1. The summed E-state index contributed by atoms with van der Waals surface area (Å²) >= 11 is 1.54. The average molecular weight is 466 g/mol. The van der Waals surface area contributed by atoms with Crippen LogP contribution in [0.4, 0.5) is 0 Å². The van der Waals surface area contributed by atoms with Gasteiger partial charge in [-0.05, 0) is 30.2 Å². The van der Waals surface area contributed by atoms with Crippen LogP contribution in [0.2, 0.25) is 0 Å². The van der Waals surface area contributed by atoms with Gasteiger partial charge in [0.05, 0.1) is 19.8 Å². The Kier molecular flexibility index (Phi) is 6.57. The summed E-state index contributed by atoms with van der Waals surface area (Å²) in [6.45, 7) is 6.94. The highest BCUT2D eigenvalue weighted by atomic mass is 32.1. The summed E-state index contributed by atoms with van der Waals surface area (Å²) in [6.07, 6.45) is 0. The van der Waals surface area contributed by atoms with Crippen LogP contribution in [0.15, 0.2) is 47.8 Å². The number of aromatic nitrogens is 1. The predicted molar refractivity (Wildman–Crippen MR) is 126 cm³/mol. The summed E-state index contributed by atoms with van der Waals surface area (Å²) in [5.41, 5.74) is 4.15. The Morgan fingerprint density at radius 2 is 1.73 bits per heavy atom. The molecule has 0 aliphatic carbocycles. The van der Waals surface area contributed by atoms with Crippen LogP contribution in [-0.2, 0) is 24.4 Å². The first-order valence-corrected chi connectivity index (χ1v) is 12.0. The Morgan fingerprint density at radius 1 is 1.00 bits per heavy atom. The Morgan fingerprint density at radius 3 is 2.55 bits per heavy atom. The van der Waals surface area contributed by atoms with Gasteiger partial charge in [-0.25, -0.2) is 4.98 Å². The summed E-state index contributed by atoms with van der Waals surface area (Å²) in [6, 6.07) is 14.7. The summed E-state index contributed by atoms with van der Waals surface area (Å²) in [7, 11) is 0. The molecule has 2 aliphatic heterocycles. The van der Waals surface area contributed by atoms with E-state index in [1.54, 1.807) is 0 Å². The highest BCUT2D eigenvalue weighted by molar-refractivity contribution is 7.09. The summed E-state index contributed by atoms with van der Waals surface area (Å²) in [4.78, 5) is 21.6. The number of hydrogen-bond donors (Lipinski definition) is 0. The molecule has 0 bridgehead atoms. The summed E-state index contributed by atoms with van der Waals surface area (Å²) < 4.78 is 16.4. The number of fused-ring (bicyclic) bond motifs is 1. The van der Waals surface area contributed by atoms with Gasteiger partial charge < -0.3 is 19.1 Å². The number of hydrogen-bond acceptors (Lipinski definition) is 7. The molecule has 1 amide bonds. The van der Waals surface area contributed by atoms with Crippen LogP contribution >= 0.6 is 11.3 Å². The molecule has 8 heteroatoms. The molecule has 0 unspecified atom stereocenters. The van der Waals surface area contributed by atoms with Gasteiger partial charge in [0.1, 0.15) is 10.7 Å². The predicted octanol–water partition coefficient (Wildman–Crippen LogP) is 3.86. The SMILES string of the molecule is Cc1ccc(CN(Cc2ccc3c(c2)OCO3)Cc2nc(C(=O)N3CCOCC3)cs2)cc1. The lowest BCUT2D eigenvalue weighted by Crippen LogP contribution is -2.40. The van der Waals surface area contributed by atoms with Crippen molar-refractivity contribution in [3.63, 3.8) is 0 Å². The maximum Gasteiger partial charge on any atom is 0.273 e. The lowest BCUT2D eigenvalue weighted by molar-refractivity contribution is 0.0299. The first kappa shape index (κ1) is 21.9. The maximum absolute atomic E-state index is 12.8. The first-order valence-electron chi connectivity index (χ1n) is 11.1. The molecular weight excluding hydrogens is 438 g/mol. The monoisotopic (exact) mass is 465 g/mol. The fourth-order valence-corrected chi connectivity index (χ4v) is 4.83. The molecule has 172 valence electrons. The zero-order valence-electron chi connectivity index (χ0n) is 18.7. The molecule has 1 aromatic heterocycles. The lowest BCUT2D eigenvalue weighted by Gasteiger charge is -2.26. The van der Waals surface area contributed by atoms with E-state index in [0.29, 0.717) is 38.5 Å². The summed E-state index contributed by atoms with van der Waals surface area (Å²) in [5, 5.41) is 2.80. The quantitative estimate of drug-likeness (QED) is 0.528. The van der Waals surface area contributed by atoms with Gasteiger partial charge in [-0.1, -0.05) is 35.9 Å². The number of carbonyl (C=O) groups excluding carboxylic acids is 1. The minimum Gasteiger partial charge on any atom is -0.454 e. The van der Waals surface area contributed by atoms with Crippen molar-refractivity contribution < 1.29 is 19.0 Å². The molecule has 2 aliphatic rings. The van der Waals surface area contributed by atoms with Crippen molar-refractivity contribution in [3.8, 4) is 11.5 Å². The number of morpholine rings is 1. The van der Waals surface area contributed by atoms with Gasteiger partial charge in [0.2, 0.25) is 6.79 Å². The van der Waals surface area contributed by atoms with E-state index < -0.39 is 0 Å². The molecule has 33 heavy (non-hydrogen) atoms. The molecule has 1 fully saturated rings. The molecule has 3 heterocycles. The summed E-state index contributed by atoms with van der Waals surface area (Å²) in [5.74, 6) is 1.56. The normalized spacial score (nSPS) is 15.3. The number of rotatable bonds is 7. The van der Waals surface area contributed by atoms with Crippen molar-refractivity contribution in [3.05, 3.63) is 75.2 Å². The van der Waals surface area contributed by atoms with E-state index in [1.165, 1.54) is 22.5 Å². The molecule has 2 aromatic carbocycles. The largest absolute Gasteiger partial charge is 0.454 e. The maximum atomic E-state index is 12.8. The molecule has 0 spiro atoms. The van der Waals surface area contributed by atoms with Crippen LogP contribution in [0.5, 0.6) is 11.5 Å². The Bertz CT molecular complexity index is 1110. The van der Waals surface area contributed by atoms with Gasteiger partial charge in [-0.15, -0.1) is 11.3 Å². The van der Waals surface area contributed by atoms with E-state index >= 15 is 0 Å². The second-order valence-electron chi connectivity index (χ2n) is 8.35. The lowest BCUT2D eigenvalue weighted by atomic mass is 10.1. The van der Waals surface area contributed by atoms with Gasteiger partial charge in [-0.2, -0.15) is 0 Å². The van der Waals surface area contributed by atoms with Crippen LogP contribution in [0.25, 0.3) is 0 Å². The Labute approximate surface area is 197 Å². The van der Waals surface area contributed by atoms with E-state index in [4.69, 9.17) is 14.2 Å². The van der Waals surface area contributed by atoms with Gasteiger partial charge >= 0.3 is 0 Å². The number of thiazole rings is 1. The Balaban J connectivity index is 1.32. The van der Waals surface area contributed by atoms with E-state index in [2.05, 4.69) is 47.1 Å². The van der Waals surface area contributed by atoms with Gasteiger partial charge in [0.25, 0.3) is 5.91 Å². The minimum absolute atomic E-state index is 0.0124. The van der Waals surface area contributed by atoms with Crippen molar-refractivity contribution in [2.45, 2.75) is 26.6 Å². The van der Waals surface area contributed by atoms with Crippen molar-refractivity contribution in [2.24, 2.45) is 0 Å². The third-order valence-electron chi connectivity index (χ3n) is 5.80. The van der Waals surface area contributed by atoms with Crippen LogP contribution in [0.1, 0.15) is 32.2 Å². The molecule has 7 nitrogen and oxygen atoms in total. The number of nitrogens with zero attached hydrogens (tertiary/aromatic N) is 3. The second-order valence-corrected chi connectivity index (χ2v) is 9.29. The Hall–Kier alpha value is -2.94. The molecule has 3 aromatic rings. The van der Waals surface area contributed by atoms with Crippen molar-refractivity contribution in [1.29, 1.82) is 0 Å². The van der Waals surface area contributed by atoms with Crippen LogP contribution in [0.3, 0.4) is 0 Å². The van der Waals surface area contributed by atoms with E-state index in [9.17, 15) is 4.79 Å². The van der Waals surface area contributed by atoms with E-state index in [-0.39, 0.29) is 12.7 Å². The van der Waals surface area contributed by atoms with E-state index in [1.807, 2.05) is 22.4 Å². The average Bonchev–Trinajstić information content (AvgIpc) is 3.50. The van der Waals surface area contributed by atoms with Crippen molar-refractivity contribution >= 4 is 17.2 Å². The highest BCUT2D eigenvalue weighted by Crippen LogP contribution is 2.33. The zero-order valence-corrected chi connectivity index (χ0v) is 19.5. The number of carbonyl (C=O) groups is 1. The smallest absolute Gasteiger partial charge is 0.273 e. The van der Waals surface area contributed by atoms with Crippen molar-refractivity contribution in [2.75, 3.05) is 33.1 Å². The highest BCUT2D eigenvalue weighted by Gasteiger charge is 2.22. The van der Waals surface area contributed by atoms with E-state index in [0.717, 1.165) is 35.2 Å². The molecular formula is C25H27N3O4S. The molecule has 0 saturated carbocycles. The molecule has 1 saturated heterocycles. The van der Waals surface area contributed by atoms with Gasteiger partial charge in [-0.3, -0.25) is 9.69 Å². The fourth-order valence-electron chi connectivity index (χ4n) is 4.02. The zero-order chi connectivity index (χ0) is 22.6. The fraction of sp³-hybridized carbons (Fsp3) is 0.360. The van der Waals surface area contributed by atoms with Crippen LogP contribution in [0, 0.1) is 6.92 Å². The molecule has 0 radical (unpaired) electrons.